The number of benzene rings is 4. The normalized spacial score (nSPS) is 20.2. The van der Waals surface area contributed by atoms with Gasteiger partial charge in [-0.25, -0.2) is 19.2 Å². The molecule has 48 heavy (non-hydrogen) atoms. The van der Waals surface area contributed by atoms with Crippen molar-refractivity contribution in [3.63, 3.8) is 0 Å². The number of hydrogen-bond acceptors (Lipinski definition) is 10. The Balaban J connectivity index is 1.55. The maximum Gasteiger partial charge on any atom is 0.338 e. The fraction of sp³-hybridized carbons (Fsp3) is 0.263. The van der Waals surface area contributed by atoms with Gasteiger partial charge in [0.1, 0.15) is 6.61 Å². The average Bonchev–Trinajstić information content (AvgIpc) is 3.14. The fourth-order valence-electron chi connectivity index (χ4n) is 5.05. The van der Waals surface area contributed by atoms with Crippen LogP contribution >= 0.6 is 0 Å². The van der Waals surface area contributed by atoms with Gasteiger partial charge in [0.15, 0.2) is 18.3 Å². The zero-order chi connectivity index (χ0) is 33.8. The largest absolute Gasteiger partial charge is 0.456 e. The molecule has 1 aliphatic heterocycles. The molecule has 1 fully saturated rings. The van der Waals surface area contributed by atoms with Gasteiger partial charge in [-0.15, -0.1) is 0 Å². The number of carbonyl (C=O) groups excluding carboxylic acids is 4. The lowest BCUT2D eigenvalue weighted by Gasteiger charge is -2.47. The molecule has 4 atom stereocenters. The van der Waals surface area contributed by atoms with Crippen molar-refractivity contribution in [1.29, 1.82) is 0 Å². The van der Waals surface area contributed by atoms with Gasteiger partial charge in [0.05, 0.1) is 35.5 Å². The number of hydrogen-bond donors (Lipinski definition) is 0. The summed E-state index contributed by atoms with van der Waals surface area (Å²) < 4.78 is 36.3. The molecule has 0 amide bonds. The number of carbonyl (C=O) groups is 4. The highest BCUT2D eigenvalue weighted by Crippen LogP contribution is 2.35. The summed E-state index contributed by atoms with van der Waals surface area (Å²) in [5.74, 6) is -4.92. The molecule has 0 aliphatic carbocycles. The topological polar surface area (TPSA) is 124 Å². The van der Waals surface area contributed by atoms with Crippen LogP contribution in [0.5, 0.6) is 0 Å². The van der Waals surface area contributed by atoms with Crippen molar-refractivity contribution in [2.45, 2.75) is 43.9 Å². The molecular weight excluding hydrogens is 616 g/mol. The Morgan fingerprint density at radius 3 is 1.54 bits per heavy atom. The van der Waals surface area contributed by atoms with E-state index in [1.54, 1.807) is 121 Å². The third-order valence-corrected chi connectivity index (χ3v) is 7.61. The van der Waals surface area contributed by atoms with Gasteiger partial charge in [0.25, 0.3) is 0 Å². The summed E-state index contributed by atoms with van der Waals surface area (Å²) in [7, 11) is 0. The van der Waals surface area contributed by atoms with E-state index in [0.717, 1.165) is 6.42 Å². The highest BCUT2D eigenvalue weighted by atomic mass is 16.8. The molecule has 0 spiro atoms. The Morgan fingerprint density at radius 2 is 1.06 bits per heavy atom. The number of ether oxygens (including phenoxy) is 6. The van der Waals surface area contributed by atoms with Crippen LogP contribution in [0.3, 0.4) is 0 Å². The molecule has 1 heterocycles. The maximum absolute atomic E-state index is 13.7. The molecule has 0 radical (unpaired) electrons. The highest BCUT2D eigenvalue weighted by molar-refractivity contribution is 5.91. The molecule has 0 bridgehead atoms. The van der Waals surface area contributed by atoms with Gasteiger partial charge >= 0.3 is 23.9 Å². The van der Waals surface area contributed by atoms with E-state index < -0.39 is 54.6 Å². The van der Waals surface area contributed by atoms with E-state index in [9.17, 15) is 19.2 Å². The van der Waals surface area contributed by atoms with E-state index in [4.69, 9.17) is 28.4 Å². The molecule has 0 N–H and O–H groups in total. The SMILES string of the molecule is CCCCO[C@]1(COC(=O)c2ccccc2)OC[C@@H](OC(=O)c2ccccc2)[C@@H](OC(=O)c2ccccc2)[C@@H]1OC(=O)c1ccccc1. The first kappa shape index (κ1) is 34.0. The van der Waals surface area contributed by atoms with Crippen LogP contribution < -0.4 is 0 Å². The lowest BCUT2D eigenvalue weighted by Crippen LogP contribution is -2.67. The third-order valence-electron chi connectivity index (χ3n) is 7.61. The molecule has 0 unspecified atom stereocenters. The van der Waals surface area contributed by atoms with Crippen molar-refractivity contribution in [1.82, 2.24) is 0 Å². The molecule has 0 saturated carbocycles. The van der Waals surface area contributed by atoms with E-state index >= 15 is 0 Å². The number of rotatable bonds is 13. The Labute approximate surface area is 278 Å². The Hall–Kier alpha value is -5.32. The van der Waals surface area contributed by atoms with Crippen LogP contribution in [-0.2, 0) is 28.4 Å². The van der Waals surface area contributed by atoms with Gasteiger partial charge in [-0.2, -0.15) is 0 Å². The van der Waals surface area contributed by atoms with E-state index in [-0.39, 0.29) is 35.5 Å². The molecule has 248 valence electrons. The molecule has 0 aromatic heterocycles. The summed E-state index contributed by atoms with van der Waals surface area (Å²) in [5, 5.41) is 0. The lowest BCUT2D eigenvalue weighted by atomic mass is 9.95. The van der Waals surface area contributed by atoms with Crippen molar-refractivity contribution in [2.75, 3.05) is 19.8 Å². The van der Waals surface area contributed by atoms with E-state index in [1.165, 1.54) is 0 Å². The minimum absolute atomic E-state index is 0.118. The molecule has 1 saturated heterocycles. The number of esters is 4. The third kappa shape index (κ3) is 8.52. The summed E-state index contributed by atoms with van der Waals surface area (Å²) in [6, 6.07) is 33.0. The second-order valence-electron chi connectivity index (χ2n) is 11.0. The van der Waals surface area contributed by atoms with Crippen molar-refractivity contribution in [3.8, 4) is 0 Å². The maximum atomic E-state index is 13.7. The molecule has 10 nitrogen and oxygen atoms in total. The summed E-state index contributed by atoms with van der Waals surface area (Å²) in [4.78, 5) is 53.6. The standard InChI is InChI=1S/C38H36O10/c1-2-3-24-44-38(26-43-34(39)27-16-8-4-9-17-27)33(48-37(42)30-22-14-7-15-23-30)32(47-36(41)29-20-12-6-13-21-29)31(25-45-38)46-35(40)28-18-10-5-11-19-28/h4-23,31-33H,2-3,24-26H2,1H3/t31-,32-,33+,38-/m1/s1. The quantitative estimate of drug-likeness (QED) is 0.0956. The molecule has 5 rings (SSSR count). The summed E-state index contributed by atoms with van der Waals surface area (Å²) in [5.41, 5.74) is 0.920. The molecular formula is C38H36O10. The second kappa shape index (κ2) is 16.5. The van der Waals surface area contributed by atoms with Gasteiger partial charge < -0.3 is 28.4 Å². The van der Waals surface area contributed by atoms with Crippen LogP contribution in [-0.4, -0.2) is 67.8 Å². The van der Waals surface area contributed by atoms with Crippen LogP contribution in [0.2, 0.25) is 0 Å². The summed E-state index contributed by atoms with van der Waals surface area (Å²) in [6.07, 6.45) is -2.95. The average molecular weight is 653 g/mol. The van der Waals surface area contributed by atoms with Gasteiger partial charge in [0, 0.05) is 0 Å². The first-order chi connectivity index (χ1) is 23.4. The molecule has 10 heteroatoms. The summed E-state index contributed by atoms with van der Waals surface area (Å²) in [6.45, 7) is 1.19. The first-order valence-corrected chi connectivity index (χ1v) is 15.7. The van der Waals surface area contributed by atoms with Gasteiger partial charge in [-0.3, -0.25) is 0 Å². The predicted octanol–water partition coefficient (Wildman–Crippen LogP) is 6.06. The van der Waals surface area contributed by atoms with Crippen molar-refractivity contribution in [3.05, 3.63) is 144 Å². The van der Waals surface area contributed by atoms with Crippen molar-refractivity contribution < 1.29 is 47.6 Å². The first-order valence-electron chi connectivity index (χ1n) is 15.7. The minimum atomic E-state index is -1.96. The Kier molecular flexibility index (Phi) is 11.7. The van der Waals surface area contributed by atoms with Crippen molar-refractivity contribution >= 4 is 23.9 Å². The van der Waals surface area contributed by atoms with Crippen LogP contribution in [0.4, 0.5) is 0 Å². The smallest absolute Gasteiger partial charge is 0.338 e. The molecule has 4 aromatic carbocycles. The lowest BCUT2D eigenvalue weighted by molar-refractivity contribution is -0.345. The van der Waals surface area contributed by atoms with Crippen LogP contribution in [0.15, 0.2) is 121 Å². The molecule has 4 aromatic rings. The Morgan fingerprint density at radius 1 is 0.625 bits per heavy atom. The van der Waals surface area contributed by atoms with Gasteiger partial charge in [-0.1, -0.05) is 86.1 Å². The highest BCUT2D eigenvalue weighted by Gasteiger charge is 2.58. The fourth-order valence-corrected chi connectivity index (χ4v) is 5.05. The second-order valence-corrected chi connectivity index (χ2v) is 11.0. The predicted molar refractivity (Wildman–Crippen MR) is 173 cm³/mol. The number of unbranched alkanes of at least 4 members (excludes halogenated alkanes) is 1. The van der Waals surface area contributed by atoms with Crippen molar-refractivity contribution in [2.24, 2.45) is 0 Å². The van der Waals surface area contributed by atoms with E-state index in [2.05, 4.69) is 0 Å². The van der Waals surface area contributed by atoms with Crippen LogP contribution in [0.1, 0.15) is 61.2 Å². The van der Waals surface area contributed by atoms with Gasteiger partial charge in [-0.05, 0) is 55.0 Å². The monoisotopic (exact) mass is 652 g/mol. The Bertz CT molecular complexity index is 1650. The zero-order valence-corrected chi connectivity index (χ0v) is 26.4. The van der Waals surface area contributed by atoms with Gasteiger partial charge in [0.2, 0.25) is 5.79 Å². The summed E-state index contributed by atoms with van der Waals surface area (Å²) >= 11 is 0. The van der Waals surface area contributed by atoms with E-state index in [0.29, 0.717) is 6.42 Å². The van der Waals surface area contributed by atoms with E-state index in [1.807, 2.05) is 6.92 Å². The minimum Gasteiger partial charge on any atom is -0.456 e. The van der Waals surface area contributed by atoms with Crippen LogP contribution in [0.25, 0.3) is 0 Å². The zero-order valence-electron chi connectivity index (χ0n) is 26.4. The van der Waals surface area contributed by atoms with Crippen LogP contribution in [0, 0.1) is 0 Å². The molecule has 1 aliphatic rings.